The summed E-state index contributed by atoms with van der Waals surface area (Å²) in [4.78, 5) is 14.0. The van der Waals surface area contributed by atoms with Crippen molar-refractivity contribution in [2.45, 2.75) is 20.8 Å². The van der Waals surface area contributed by atoms with E-state index in [0.717, 1.165) is 33.2 Å². The molecule has 3 aromatic rings. The molecule has 120 valence electrons. The molecular weight excluding hydrogens is 318 g/mol. The Morgan fingerprint density at radius 2 is 1.62 bits per heavy atom. The molecule has 0 radical (unpaired) electrons. The van der Waals surface area contributed by atoms with Gasteiger partial charge in [0.15, 0.2) is 5.82 Å². The Hall–Kier alpha value is -2.52. The summed E-state index contributed by atoms with van der Waals surface area (Å²) in [6.07, 6.45) is 4.03. The van der Waals surface area contributed by atoms with Crippen LogP contribution in [0.3, 0.4) is 0 Å². The lowest BCUT2D eigenvalue weighted by Crippen LogP contribution is -2.31. The number of pyridine rings is 1. The van der Waals surface area contributed by atoms with Gasteiger partial charge in [-0.3, -0.25) is 0 Å². The minimum atomic E-state index is 0.627. The number of aromatic nitrogens is 3. The molecule has 1 aromatic carbocycles. The number of hydrogen-bond acceptors (Lipinski definition) is 3. The lowest BCUT2D eigenvalue weighted by Gasteiger charge is -2.07. The van der Waals surface area contributed by atoms with Crippen molar-refractivity contribution in [1.82, 2.24) is 15.0 Å². The molecule has 0 unspecified atom stereocenters. The minimum absolute atomic E-state index is 0.627. The molecule has 0 aliphatic carbocycles. The molecule has 0 aliphatic rings. The Kier molecular flexibility index (Phi) is 4.72. The van der Waals surface area contributed by atoms with E-state index in [4.69, 9.17) is 21.6 Å². The lowest BCUT2D eigenvalue weighted by atomic mass is 10.1. The van der Waals surface area contributed by atoms with Crippen LogP contribution in [0.5, 0.6) is 0 Å². The quantitative estimate of drug-likeness (QED) is 0.715. The van der Waals surface area contributed by atoms with Crippen molar-refractivity contribution in [2.75, 3.05) is 0 Å². The maximum absolute atomic E-state index is 6.02. The molecule has 0 saturated heterocycles. The predicted molar refractivity (Wildman–Crippen MR) is 100.0 cm³/mol. The summed E-state index contributed by atoms with van der Waals surface area (Å²) in [6.45, 7) is 5.94. The van der Waals surface area contributed by atoms with E-state index < -0.39 is 0 Å². The highest BCUT2D eigenvalue weighted by atomic mass is 35.5. The molecule has 3 nitrogen and oxygen atoms in total. The van der Waals surface area contributed by atoms with E-state index in [-0.39, 0.29) is 0 Å². The van der Waals surface area contributed by atoms with Gasteiger partial charge in [0.25, 0.3) is 0 Å². The van der Waals surface area contributed by atoms with Gasteiger partial charge in [-0.25, -0.2) is 15.0 Å². The van der Waals surface area contributed by atoms with Crippen LogP contribution in [0.4, 0.5) is 0 Å². The van der Waals surface area contributed by atoms with Gasteiger partial charge in [0, 0.05) is 21.5 Å². The van der Waals surface area contributed by atoms with E-state index in [1.807, 2.05) is 75.4 Å². The first-order valence-electron chi connectivity index (χ1n) is 7.83. The van der Waals surface area contributed by atoms with Gasteiger partial charge >= 0.3 is 0 Å². The third kappa shape index (κ3) is 3.22. The van der Waals surface area contributed by atoms with Gasteiger partial charge in [0.1, 0.15) is 5.69 Å². The van der Waals surface area contributed by atoms with E-state index in [1.165, 1.54) is 0 Å². The Labute approximate surface area is 146 Å². The molecule has 0 aliphatic heterocycles. The van der Waals surface area contributed by atoms with Crippen LogP contribution in [0, 0.1) is 6.92 Å². The molecule has 3 rings (SSSR count). The van der Waals surface area contributed by atoms with Gasteiger partial charge in [-0.15, -0.1) is 0 Å². The first-order valence-corrected chi connectivity index (χ1v) is 8.21. The van der Waals surface area contributed by atoms with E-state index in [2.05, 4.69) is 4.98 Å². The third-order valence-corrected chi connectivity index (χ3v) is 4.02. The van der Waals surface area contributed by atoms with E-state index in [9.17, 15) is 0 Å². The molecule has 0 fully saturated rings. The first-order chi connectivity index (χ1) is 11.6. The topological polar surface area (TPSA) is 38.7 Å². The van der Waals surface area contributed by atoms with Crippen LogP contribution in [0.25, 0.3) is 34.9 Å². The average molecular weight is 336 g/mol. The molecular formula is C20H18ClN3. The second kappa shape index (κ2) is 6.93. The minimum Gasteiger partial charge on any atom is -0.250 e. The van der Waals surface area contributed by atoms with Crippen molar-refractivity contribution < 1.29 is 0 Å². The van der Waals surface area contributed by atoms with Crippen LogP contribution < -0.4 is 10.6 Å². The van der Waals surface area contributed by atoms with Gasteiger partial charge in [-0.2, -0.15) is 0 Å². The van der Waals surface area contributed by atoms with Crippen LogP contribution in [-0.2, 0) is 0 Å². The number of rotatable bonds is 2. The molecule has 0 atom stereocenters. The highest BCUT2D eigenvalue weighted by Crippen LogP contribution is 2.19. The molecule has 0 bridgehead atoms. The maximum Gasteiger partial charge on any atom is 0.179 e. The molecule has 0 spiro atoms. The van der Waals surface area contributed by atoms with Crippen molar-refractivity contribution >= 4 is 23.8 Å². The fourth-order valence-electron chi connectivity index (χ4n) is 2.60. The van der Waals surface area contributed by atoms with Crippen molar-refractivity contribution in [2.24, 2.45) is 0 Å². The first kappa shape index (κ1) is 16.3. The van der Waals surface area contributed by atoms with Crippen molar-refractivity contribution in [3.05, 3.63) is 63.7 Å². The predicted octanol–water partition coefficient (Wildman–Crippen LogP) is 3.77. The lowest BCUT2D eigenvalue weighted by molar-refractivity contribution is 1.08. The highest BCUT2D eigenvalue weighted by Gasteiger charge is 2.10. The van der Waals surface area contributed by atoms with Crippen molar-refractivity contribution in [1.29, 1.82) is 0 Å². The number of nitrogens with zero attached hydrogens (tertiary/aromatic N) is 3. The number of benzene rings is 1. The molecule has 0 N–H and O–H groups in total. The molecule has 0 saturated carbocycles. The summed E-state index contributed by atoms with van der Waals surface area (Å²) < 4.78 is 0. The smallest absolute Gasteiger partial charge is 0.179 e. The number of aryl methyl sites for hydroxylation is 1. The Balaban J connectivity index is 2.32. The van der Waals surface area contributed by atoms with E-state index in [0.29, 0.717) is 10.8 Å². The summed E-state index contributed by atoms with van der Waals surface area (Å²) in [7, 11) is 0. The number of halogens is 1. The fourth-order valence-corrected chi connectivity index (χ4v) is 2.73. The van der Waals surface area contributed by atoms with Gasteiger partial charge in [0.2, 0.25) is 0 Å². The van der Waals surface area contributed by atoms with Gasteiger partial charge in [-0.05, 0) is 45.0 Å². The fraction of sp³-hybridized carbons (Fsp3) is 0.150. The zero-order valence-corrected chi connectivity index (χ0v) is 14.7. The van der Waals surface area contributed by atoms with Crippen LogP contribution in [0.15, 0.2) is 42.5 Å². The van der Waals surface area contributed by atoms with Gasteiger partial charge in [-0.1, -0.05) is 42.0 Å². The Morgan fingerprint density at radius 1 is 0.875 bits per heavy atom. The van der Waals surface area contributed by atoms with E-state index >= 15 is 0 Å². The summed E-state index contributed by atoms with van der Waals surface area (Å²) in [6, 6.07) is 13.6. The maximum atomic E-state index is 6.02. The number of hydrogen-bond donors (Lipinski definition) is 0. The Bertz CT molecular complexity index is 992. The summed E-state index contributed by atoms with van der Waals surface area (Å²) >= 11 is 6.02. The van der Waals surface area contributed by atoms with Crippen molar-refractivity contribution in [3.8, 4) is 22.8 Å². The van der Waals surface area contributed by atoms with Gasteiger partial charge < -0.3 is 0 Å². The monoisotopic (exact) mass is 335 g/mol. The highest BCUT2D eigenvalue weighted by molar-refractivity contribution is 6.30. The van der Waals surface area contributed by atoms with Gasteiger partial charge in [0.05, 0.1) is 11.0 Å². The van der Waals surface area contributed by atoms with Crippen LogP contribution in [0.2, 0.25) is 5.02 Å². The Morgan fingerprint density at radius 3 is 2.25 bits per heavy atom. The summed E-state index contributed by atoms with van der Waals surface area (Å²) in [5, 5.41) is 2.62. The van der Waals surface area contributed by atoms with Crippen molar-refractivity contribution in [3.63, 3.8) is 0 Å². The summed E-state index contributed by atoms with van der Waals surface area (Å²) in [5.74, 6) is 0.627. The van der Waals surface area contributed by atoms with Crippen LogP contribution in [-0.4, -0.2) is 15.0 Å². The molecule has 24 heavy (non-hydrogen) atoms. The standard InChI is InChI=1S/C20H18ClN3/c1-4-16-17(5-2)23-20(18-8-6-7-13(3)22-18)24-19(16)14-9-11-15(21)12-10-14/h4-12H,1-3H3/b16-4+,17-5+. The third-order valence-electron chi connectivity index (χ3n) is 3.77. The van der Waals surface area contributed by atoms with Crippen LogP contribution >= 0.6 is 11.6 Å². The largest absolute Gasteiger partial charge is 0.250 e. The second-order valence-electron chi connectivity index (χ2n) is 5.44. The molecule has 4 heteroatoms. The normalized spacial score (nSPS) is 12.7. The zero-order valence-electron chi connectivity index (χ0n) is 13.9. The molecule has 2 heterocycles. The summed E-state index contributed by atoms with van der Waals surface area (Å²) in [5.41, 5.74) is 3.61. The van der Waals surface area contributed by atoms with E-state index in [1.54, 1.807) is 0 Å². The van der Waals surface area contributed by atoms with Crippen LogP contribution in [0.1, 0.15) is 19.5 Å². The SMILES string of the molecule is C/C=c1/c(-c2ccc(Cl)cc2)nc(-c2cccc(C)n2)n/c1=C/C. The zero-order chi connectivity index (χ0) is 17.1. The molecule has 0 amide bonds. The molecule has 2 aromatic heterocycles. The average Bonchev–Trinajstić information content (AvgIpc) is 2.61. The second-order valence-corrected chi connectivity index (χ2v) is 5.88.